The number of hydrogen-bond donors (Lipinski definition) is 1. The fourth-order valence-corrected chi connectivity index (χ4v) is 4.58. The summed E-state index contributed by atoms with van der Waals surface area (Å²) in [4.78, 5) is 13.9. The summed E-state index contributed by atoms with van der Waals surface area (Å²) < 4.78 is 0. The van der Waals surface area contributed by atoms with Gasteiger partial charge in [0.2, 0.25) is 5.12 Å². The molecule has 4 aromatic carbocycles. The van der Waals surface area contributed by atoms with Gasteiger partial charge in [0.1, 0.15) is 5.75 Å². The summed E-state index contributed by atoms with van der Waals surface area (Å²) in [5, 5.41) is 12.4. The van der Waals surface area contributed by atoms with Crippen molar-refractivity contribution in [3.63, 3.8) is 0 Å². The van der Waals surface area contributed by atoms with E-state index in [0.717, 1.165) is 39.8 Å². The molecule has 2 nitrogen and oxygen atoms in total. The number of aromatic hydroxyl groups is 1. The summed E-state index contributed by atoms with van der Waals surface area (Å²) in [7, 11) is 0. The van der Waals surface area contributed by atoms with Gasteiger partial charge < -0.3 is 5.11 Å². The van der Waals surface area contributed by atoms with E-state index in [4.69, 9.17) is 0 Å². The molecule has 0 fully saturated rings. The molecule has 0 aliphatic rings. The molecule has 30 heavy (non-hydrogen) atoms. The van der Waals surface area contributed by atoms with Crippen molar-refractivity contribution in [2.75, 3.05) is 0 Å². The van der Waals surface area contributed by atoms with Crippen molar-refractivity contribution in [2.45, 2.75) is 31.6 Å². The maximum Gasteiger partial charge on any atom is 0.224 e. The highest BCUT2D eigenvalue weighted by atomic mass is 32.2. The monoisotopic (exact) mass is 412 g/mol. The molecule has 0 saturated heterocycles. The summed E-state index contributed by atoms with van der Waals surface area (Å²) >= 11 is 1.27. The van der Waals surface area contributed by atoms with Gasteiger partial charge in [0.05, 0.1) is 0 Å². The van der Waals surface area contributed by atoms with Crippen LogP contribution in [0.2, 0.25) is 0 Å². The van der Waals surface area contributed by atoms with Crippen molar-refractivity contribution in [1.82, 2.24) is 0 Å². The van der Waals surface area contributed by atoms with Crippen molar-refractivity contribution in [3.8, 4) is 5.75 Å². The van der Waals surface area contributed by atoms with Gasteiger partial charge in [-0.25, -0.2) is 0 Å². The topological polar surface area (TPSA) is 37.3 Å². The largest absolute Gasteiger partial charge is 0.507 e. The first kappa shape index (κ1) is 20.2. The number of hydrogen-bond acceptors (Lipinski definition) is 3. The third kappa shape index (κ3) is 4.42. The Morgan fingerprint density at radius 2 is 1.50 bits per heavy atom. The summed E-state index contributed by atoms with van der Waals surface area (Å²) in [6.45, 7) is 3.86. The smallest absolute Gasteiger partial charge is 0.224 e. The van der Waals surface area contributed by atoms with Crippen molar-refractivity contribution >= 4 is 27.6 Å². The van der Waals surface area contributed by atoms with E-state index in [9.17, 15) is 9.90 Å². The second kappa shape index (κ2) is 8.76. The van der Waals surface area contributed by atoms with Crippen molar-refractivity contribution in [1.29, 1.82) is 0 Å². The van der Waals surface area contributed by atoms with Crippen LogP contribution in [0.25, 0.3) is 10.8 Å². The summed E-state index contributed by atoms with van der Waals surface area (Å²) in [6.07, 6.45) is 1.69. The Labute approximate surface area is 181 Å². The Balaban J connectivity index is 1.64. The van der Waals surface area contributed by atoms with Gasteiger partial charge >= 0.3 is 0 Å². The molecule has 0 spiro atoms. The van der Waals surface area contributed by atoms with Gasteiger partial charge in [0.15, 0.2) is 0 Å². The van der Waals surface area contributed by atoms with E-state index in [-0.39, 0.29) is 5.12 Å². The van der Waals surface area contributed by atoms with Crippen molar-refractivity contribution < 1.29 is 9.90 Å². The highest BCUT2D eigenvalue weighted by Gasteiger charge is 2.13. The maximum atomic E-state index is 12.9. The van der Waals surface area contributed by atoms with Gasteiger partial charge in [-0.2, -0.15) is 0 Å². The lowest BCUT2D eigenvalue weighted by Gasteiger charge is -2.12. The number of rotatable bonds is 5. The van der Waals surface area contributed by atoms with Crippen LogP contribution in [0, 0.1) is 13.8 Å². The Kier molecular flexibility index (Phi) is 5.91. The molecule has 150 valence electrons. The van der Waals surface area contributed by atoms with Gasteiger partial charge in [-0.1, -0.05) is 54.6 Å². The molecule has 0 saturated carbocycles. The Morgan fingerprint density at radius 3 is 2.23 bits per heavy atom. The second-order valence-electron chi connectivity index (χ2n) is 7.64. The SMILES string of the molecule is Cc1cc(CCc2cc(C(=O)Sc3ccccc3)cc3ccccc23)cc(C)c1O. The number of fused-ring (bicyclic) bond motifs is 1. The molecule has 0 radical (unpaired) electrons. The molecule has 0 bridgehead atoms. The third-order valence-corrected chi connectivity index (χ3v) is 6.30. The van der Waals surface area contributed by atoms with E-state index in [0.29, 0.717) is 5.75 Å². The van der Waals surface area contributed by atoms with Crippen LogP contribution in [0.3, 0.4) is 0 Å². The van der Waals surface area contributed by atoms with Gasteiger partial charge in [-0.3, -0.25) is 4.79 Å². The minimum atomic E-state index is 0.0597. The minimum Gasteiger partial charge on any atom is -0.507 e. The zero-order chi connectivity index (χ0) is 21.1. The number of benzene rings is 4. The minimum absolute atomic E-state index is 0.0597. The van der Waals surface area contributed by atoms with Crippen molar-refractivity contribution in [2.24, 2.45) is 0 Å². The zero-order valence-corrected chi connectivity index (χ0v) is 18.0. The molecule has 0 unspecified atom stereocenters. The zero-order valence-electron chi connectivity index (χ0n) is 17.2. The first-order chi connectivity index (χ1) is 14.5. The molecule has 3 heteroatoms. The van der Waals surface area contributed by atoms with E-state index in [2.05, 4.69) is 12.1 Å². The number of phenols is 1. The Morgan fingerprint density at radius 1 is 0.833 bits per heavy atom. The van der Waals surface area contributed by atoms with E-state index < -0.39 is 0 Å². The third-order valence-electron chi connectivity index (χ3n) is 5.37. The number of thioether (sulfide) groups is 1. The van der Waals surface area contributed by atoms with Crippen LogP contribution in [-0.4, -0.2) is 10.2 Å². The van der Waals surface area contributed by atoms with Crippen LogP contribution in [0.5, 0.6) is 5.75 Å². The average Bonchev–Trinajstić information content (AvgIpc) is 2.76. The molecular weight excluding hydrogens is 388 g/mol. The number of carbonyl (C=O) groups is 1. The predicted molar refractivity (Wildman–Crippen MR) is 126 cm³/mol. The fourth-order valence-electron chi connectivity index (χ4n) is 3.84. The Bertz CT molecular complexity index is 1190. The van der Waals surface area contributed by atoms with Crippen LogP contribution in [0.4, 0.5) is 0 Å². The summed E-state index contributed by atoms with van der Waals surface area (Å²) in [6, 6.07) is 26.1. The first-order valence-electron chi connectivity index (χ1n) is 10.1. The van der Waals surface area contributed by atoms with E-state index >= 15 is 0 Å². The average molecular weight is 413 g/mol. The molecule has 0 atom stereocenters. The molecule has 0 aliphatic carbocycles. The second-order valence-corrected chi connectivity index (χ2v) is 8.68. The molecule has 0 heterocycles. The highest BCUT2D eigenvalue weighted by molar-refractivity contribution is 8.14. The molecular formula is C27H24O2S. The number of phenolic OH excluding ortho intramolecular Hbond substituents is 1. The lowest BCUT2D eigenvalue weighted by Crippen LogP contribution is -1.99. The molecule has 0 aromatic heterocycles. The maximum absolute atomic E-state index is 12.9. The fraction of sp³-hybridized carbons (Fsp3) is 0.148. The summed E-state index contributed by atoms with van der Waals surface area (Å²) in [5.74, 6) is 0.370. The standard InChI is InChI=1S/C27H24O2S/c1-18-14-20(15-19(2)26(18)28)12-13-22-17-23(16-21-8-6-7-11-25(21)22)27(29)30-24-9-4-3-5-10-24/h3-11,14-17,28H,12-13H2,1-2H3. The van der Waals surface area contributed by atoms with Gasteiger partial charge in [-0.15, -0.1) is 0 Å². The van der Waals surface area contributed by atoms with Crippen LogP contribution in [0.1, 0.15) is 32.6 Å². The van der Waals surface area contributed by atoms with E-state index in [1.165, 1.54) is 28.3 Å². The summed E-state index contributed by atoms with van der Waals surface area (Å²) in [5.41, 5.74) is 4.91. The van der Waals surface area contributed by atoms with Crippen molar-refractivity contribution in [3.05, 3.63) is 107 Å². The van der Waals surface area contributed by atoms with Gasteiger partial charge in [0.25, 0.3) is 0 Å². The lowest BCUT2D eigenvalue weighted by atomic mass is 9.95. The number of aryl methyl sites for hydroxylation is 4. The van der Waals surface area contributed by atoms with Crippen LogP contribution >= 0.6 is 11.8 Å². The van der Waals surface area contributed by atoms with Gasteiger partial charge in [0, 0.05) is 10.5 Å². The normalized spacial score (nSPS) is 11.0. The van der Waals surface area contributed by atoms with Crippen LogP contribution < -0.4 is 0 Å². The molecule has 0 aliphatic heterocycles. The highest BCUT2D eigenvalue weighted by Crippen LogP contribution is 2.29. The first-order valence-corrected chi connectivity index (χ1v) is 10.9. The predicted octanol–water partition coefficient (Wildman–Crippen LogP) is 6.88. The van der Waals surface area contributed by atoms with Crippen LogP contribution in [-0.2, 0) is 12.8 Å². The van der Waals surface area contributed by atoms with E-state index in [1.54, 1.807) is 0 Å². The molecule has 1 N–H and O–H groups in total. The van der Waals surface area contributed by atoms with Gasteiger partial charge in [-0.05, 0) is 95.7 Å². The Hall–Kier alpha value is -3.04. The molecule has 0 amide bonds. The van der Waals surface area contributed by atoms with E-state index in [1.807, 2.05) is 80.6 Å². The lowest BCUT2D eigenvalue weighted by molar-refractivity contribution is 0.108. The molecule has 4 aromatic rings. The molecule has 4 rings (SSSR count). The number of carbonyl (C=O) groups excluding carboxylic acids is 1. The van der Waals surface area contributed by atoms with Crippen LogP contribution in [0.15, 0.2) is 83.8 Å². The quantitative estimate of drug-likeness (QED) is 0.363.